The smallest absolute Gasteiger partial charge is 0.266 e. The second kappa shape index (κ2) is 3.05. The highest BCUT2D eigenvalue weighted by atomic mass is 19.4. The van der Waals surface area contributed by atoms with Gasteiger partial charge in [0, 0.05) is 17.9 Å². The van der Waals surface area contributed by atoms with Gasteiger partial charge in [0.25, 0.3) is 5.92 Å². The van der Waals surface area contributed by atoms with E-state index in [1.807, 2.05) is 0 Å². The lowest BCUT2D eigenvalue weighted by atomic mass is 10.1. The molecule has 1 heterocycles. The Kier molecular flexibility index (Phi) is 2.02. The zero-order chi connectivity index (χ0) is 13.5. The highest BCUT2D eigenvalue weighted by Gasteiger charge is 2.68. The van der Waals surface area contributed by atoms with Crippen LogP contribution >= 0.6 is 0 Å². The fourth-order valence-electron chi connectivity index (χ4n) is 2.81. The molecule has 2 unspecified atom stereocenters. The van der Waals surface area contributed by atoms with Crippen LogP contribution in [0.4, 0.5) is 22.0 Å². The standard InChI is InChI=1S/C11H11F5N2/c1-4(2)18-8-5-3-6(5)10(12,13)7(8)9(17-18)11(14,15)16/h4-6H,3H2,1-2H3. The predicted molar refractivity (Wildman–Crippen MR) is 52.4 cm³/mol. The van der Waals surface area contributed by atoms with Gasteiger partial charge in [0.05, 0.1) is 11.3 Å². The van der Waals surface area contributed by atoms with Gasteiger partial charge in [-0.05, 0) is 20.3 Å². The van der Waals surface area contributed by atoms with Crippen LogP contribution in [0.2, 0.25) is 0 Å². The number of nitrogens with zero attached hydrogens (tertiary/aromatic N) is 2. The van der Waals surface area contributed by atoms with Gasteiger partial charge in [-0.1, -0.05) is 0 Å². The molecule has 0 N–H and O–H groups in total. The molecular weight excluding hydrogens is 255 g/mol. The summed E-state index contributed by atoms with van der Waals surface area (Å²) < 4.78 is 67.3. The fourth-order valence-corrected chi connectivity index (χ4v) is 2.81. The van der Waals surface area contributed by atoms with Crippen LogP contribution in [0.5, 0.6) is 0 Å². The first-order valence-electron chi connectivity index (χ1n) is 5.73. The summed E-state index contributed by atoms with van der Waals surface area (Å²) in [4.78, 5) is 0. The number of alkyl halides is 5. The van der Waals surface area contributed by atoms with Crippen LogP contribution in [0.25, 0.3) is 0 Å². The third-order valence-corrected chi connectivity index (χ3v) is 3.65. The molecule has 2 atom stereocenters. The van der Waals surface area contributed by atoms with E-state index in [4.69, 9.17) is 0 Å². The summed E-state index contributed by atoms with van der Waals surface area (Å²) in [6.07, 6.45) is -4.57. The van der Waals surface area contributed by atoms with Gasteiger partial charge in [-0.2, -0.15) is 18.3 Å². The Morgan fingerprint density at radius 2 is 1.94 bits per heavy atom. The van der Waals surface area contributed by atoms with E-state index < -0.39 is 35.2 Å². The van der Waals surface area contributed by atoms with E-state index in [0.29, 0.717) is 0 Å². The van der Waals surface area contributed by atoms with Gasteiger partial charge < -0.3 is 0 Å². The Morgan fingerprint density at radius 1 is 1.33 bits per heavy atom. The van der Waals surface area contributed by atoms with Crippen molar-refractivity contribution in [1.29, 1.82) is 0 Å². The molecule has 0 aromatic carbocycles. The van der Waals surface area contributed by atoms with Crippen molar-refractivity contribution in [2.75, 3.05) is 0 Å². The Balaban J connectivity index is 2.26. The van der Waals surface area contributed by atoms with Crippen LogP contribution < -0.4 is 0 Å². The third kappa shape index (κ3) is 1.30. The molecule has 18 heavy (non-hydrogen) atoms. The lowest BCUT2D eigenvalue weighted by Crippen LogP contribution is -2.19. The number of hydrogen-bond acceptors (Lipinski definition) is 1. The molecule has 0 radical (unpaired) electrons. The van der Waals surface area contributed by atoms with Crippen LogP contribution in [-0.2, 0) is 12.1 Å². The van der Waals surface area contributed by atoms with Gasteiger partial charge in [-0.25, -0.2) is 8.78 Å². The van der Waals surface area contributed by atoms with Crippen LogP contribution in [0.15, 0.2) is 0 Å². The van der Waals surface area contributed by atoms with Crippen molar-refractivity contribution < 1.29 is 22.0 Å². The molecule has 1 aromatic rings. The quantitative estimate of drug-likeness (QED) is 0.709. The van der Waals surface area contributed by atoms with Gasteiger partial charge in [0.15, 0.2) is 5.69 Å². The van der Waals surface area contributed by atoms with Crippen LogP contribution in [0.3, 0.4) is 0 Å². The molecule has 0 amide bonds. The summed E-state index contributed by atoms with van der Waals surface area (Å²) in [5, 5.41) is 3.39. The van der Waals surface area contributed by atoms with E-state index in [-0.39, 0.29) is 18.2 Å². The summed E-state index contributed by atoms with van der Waals surface area (Å²) in [5.41, 5.74) is -2.21. The van der Waals surface area contributed by atoms with Gasteiger partial charge in [-0.15, -0.1) is 0 Å². The van der Waals surface area contributed by atoms with E-state index >= 15 is 0 Å². The Labute approximate surface area is 99.8 Å². The number of aromatic nitrogens is 2. The van der Waals surface area contributed by atoms with Gasteiger partial charge in [0.2, 0.25) is 0 Å². The minimum Gasteiger partial charge on any atom is -0.266 e. The number of fused-ring (bicyclic) bond motifs is 3. The molecule has 0 spiro atoms. The van der Waals surface area contributed by atoms with Gasteiger partial charge in [0.1, 0.15) is 0 Å². The monoisotopic (exact) mass is 266 g/mol. The van der Waals surface area contributed by atoms with Crippen molar-refractivity contribution in [1.82, 2.24) is 9.78 Å². The Morgan fingerprint density at radius 3 is 2.44 bits per heavy atom. The minimum atomic E-state index is -4.83. The molecule has 0 aliphatic heterocycles. The molecule has 2 aliphatic carbocycles. The molecular formula is C11H11F5N2. The topological polar surface area (TPSA) is 17.8 Å². The third-order valence-electron chi connectivity index (χ3n) is 3.65. The molecule has 1 fully saturated rings. The maximum absolute atomic E-state index is 13.9. The molecule has 7 heteroatoms. The highest BCUT2D eigenvalue weighted by molar-refractivity contribution is 5.46. The fraction of sp³-hybridized carbons (Fsp3) is 0.727. The largest absolute Gasteiger partial charge is 0.435 e. The lowest BCUT2D eigenvalue weighted by Gasteiger charge is -2.14. The molecule has 2 aliphatic rings. The van der Waals surface area contributed by atoms with Crippen molar-refractivity contribution in [2.45, 2.75) is 44.3 Å². The number of halogens is 5. The predicted octanol–water partition coefficient (Wildman–Crippen LogP) is 3.69. The first kappa shape index (κ1) is 11.9. The molecule has 0 saturated heterocycles. The molecule has 2 nitrogen and oxygen atoms in total. The maximum Gasteiger partial charge on any atom is 0.435 e. The van der Waals surface area contributed by atoms with Crippen molar-refractivity contribution >= 4 is 0 Å². The van der Waals surface area contributed by atoms with E-state index in [1.165, 1.54) is 0 Å². The molecule has 1 saturated carbocycles. The Bertz CT molecular complexity index is 514. The van der Waals surface area contributed by atoms with Crippen molar-refractivity contribution in [3.8, 4) is 0 Å². The molecule has 1 aromatic heterocycles. The second-order valence-electron chi connectivity index (χ2n) is 5.22. The first-order valence-corrected chi connectivity index (χ1v) is 5.73. The van der Waals surface area contributed by atoms with Gasteiger partial charge in [-0.3, -0.25) is 4.68 Å². The molecule has 0 bridgehead atoms. The van der Waals surface area contributed by atoms with E-state index in [9.17, 15) is 22.0 Å². The maximum atomic E-state index is 13.9. The van der Waals surface area contributed by atoms with Crippen LogP contribution in [0, 0.1) is 5.92 Å². The Hall–Kier alpha value is -1.14. The summed E-state index contributed by atoms with van der Waals surface area (Å²) >= 11 is 0. The lowest BCUT2D eigenvalue weighted by molar-refractivity contribution is -0.146. The highest BCUT2D eigenvalue weighted by Crippen LogP contribution is 2.68. The van der Waals surface area contributed by atoms with E-state index in [0.717, 1.165) is 4.68 Å². The average molecular weight is 266 g/mol. The molecule has 100 valence electrons. The van der Waals surface area contributed by atoms with Crippen molar-refractivity contribution in [2.24, 2.45) is 5.92 Å². The zero-order valence-corrected chi connectivity index (χ0v) is 9.72. The average Bonchev–Trinajstić information content (AvgIpc) is 2.82. The number of rotatable bonds is 1. The minimum absolute atomic E-state index is 0.0901. The van der Waals surface area contributed by atoms with E-state index in [1.54, 1.807) is 13.8 Å². The SMILES string of the molecule is CC(C)n1nc(C(F)(F)F)c2c1C1CC1C2(F)F. The second-order valence-corrected chi connectivity index (χ2v) is 5.22. The summed E-state index contributed by atoms with van der Waals surface area (Å²) in [6, 6.07) is -0.356. The van der Waals surface area contributed by atoms with Crippen molar-refractivity contribution in [3.63, 3.8) is 0 Å². The van der Waals surface area contributed by atoms with Gasteiger partial charge >= 0.3 is 6.18 Å². The summed E-state index contributed by atoms with van der Waals surface area (Å²) in [5.74, 6) is -4.81. The summed E-state index contributed by atoms with van der Waals surface area (Å²) in [7, 11) is 0. The zero-order valence-electron chi connectivity index (χ0n) is 9.72. The number of hydrogen-bond donors (Lipinski definition) is 0. The summed E-state index contributed by atoms with van der Waals surface area (Å²) in [6.45, 7) is 3.28. The van der Waals surface area contributed by atoms with Crippen LogP contribution in [0.1, 0.15) is 49.2 Å². The van der Waals surface area contributed by atoms with Crippen LogP contribution in [-0.4, -0.2) is 9.78 Å². The van der Waals surface area contributed by atoms with E-state index in [2.05, 4.69) is 5.10 Å². The molecule has 3 rings (SSSR count). The first-order chi connectivity index (χ1) is 8.15. The van der Waals surface area contributed by atoms with Crippen molar-refractivity contribution in [3.05, 3.63) is 17.0 Å². The normalized spacial score (nSPS) is 28.4.